The Hall–Kier alpha value is 0.300. The van der Waals surface area contributed by atoms with Crippen molar-refractivity contribution in [2.75, 3.05) is 6.26 Å². The van der Waals surface area contributed by atoms with E-state index in [1.807, 2.05) is 0 Å². The molecule has 0 spiro atoms. The van der Waals surface area contributed by atoms with Gasteiger partial charge in [-0.3, -0.25) is 0 Å². The average molecular weight is 354 g/mol. The lowest BCUT2D eigenvalue weighted by Crippen LogP contribution is -2.26. The number of rotatable bonds is 6. The van der Waals surface area contributed by atoms with Gasteiger partial charge in [-0.25, -0.2) is 0 Å². The minimum absolute atomic E-state index is 0.364. The Morgan fingerprint density at radius 3 is 2.09 bits per heavy atom. The summed E-state index contributed by atoms with van der Waals surface area (Å²) in [6.45, 7) is 4.71. The van der Waals surface area contributed by atoms with E-state index < -0.39 is 0 Å². The molecule has 2 unspecified atom stereocenters. The Morgan fingerprint density at radius 1 is 1.09 bits per heavy atom. The lowest BCUT2D eigenvalue weighted by Gasteiger charge is -2.40. The van der Waals surface area contributed by atoms with Crippen molar-refractivity contribution in [3.05, 3.63) is 29.8 Å². The van der Waals surface area contributed by atoms with Gasteiger partial charge in [-0.2, -0.15) is 0 Å². The molecule has 1 aliphatic carbocycles. The first-order valence-electron chi connectivity index (χ1n) is 8.81. The summed E-state index contributed by atoms with van der Waals surface area (Å²) < 4.78 is 0. The van der Waals surface area contributed by atoms with Gasteiger partial charge in [0, 0.05) is 4.90 Å². The molecule has 0 amide bonds. The molecule has 1 fully saturated rings. The highest BCUT2D eigenvalue weighted by Gasteiger charge is 2.33. The number of hydrogen-bond donors (Lipinski definition) is 0. The highest BCUT2D eigenvalue weighted by Crippen LogP contribution is 2.48. The molecule has 1 aromatic carbocycles. The van der Waals surface area contributed by atoms with Gasteiger partial charge in [-0.1, -0.05) is 47.8 Å². The molecule has 0 aromatic heterocycles. The van der Waals surface area contributed by atoms with E-state index in [2.05, 4.69) is 53.3 Å². The molecule has 3 heteroatoms. The van der Waals surface area contributed by atoms with E-state index in [4.69, 9.17) is 0 Å². The SMILES string of the molecule is CCCC1(CCC)CCC(c2ccc(S(C)=PP)cc2)CC1. The number of benzene rings is 1. The van der Waals surface area contributed by atoms with E-state index in [0.29, 0.717) is 15.5 Å². The van der Waals surface area contributed by atoms with Crippen molar-refractivity contribution >= 4 is 26.0 Å². The summed E-state index contributed by atoms with van der Waals surface area (Å²) in [6, 6.07) is 9.56. The van der Waals surface area contributed by atoms with Gasteiger partial charge in [0.15, 0.2) is 0 Å². The Bertz CT molecular complexity index is 477. The smallest absolute Gasteiger partial charge is 0.00560 e. The van der Waals surface area contributed by atoms with Gasteiger partial charge in [-0.05, 0) is 80.9 Å². The van der Waals surface area contributed by atoms with Gasteiger partial charge < -0.3 is 0 Å². The summed E-state index contributed by atoms with van der Waals surface area (Å²) in [4.78, 5) is 1.50. The maximum absolute atomic E-state index is 2.85. The van der Waals surface area contributed by atoms with Crippen LogP contribution in [0.5, 0.6) is 0 Å². The molecule has 2 atom stereocenters. The van der Waals surface area contributed by atoms with Crippen LogP contribution in [-0.2, 0) is 10.1 Å². The standard InChI is InChI=1S/C19H32P2S/c1-4-12-19(13-5-2)14-10-17(11-15-19)16-6-8-18(9-7-16)22(3)21-20/h6-9,17H,4-5,10-15,20H2,1-3H3. The van der Waals surface area contributed by atoms with Gasteiger partial charge >= 0.3 is 0 Å². The molecule has 1 aromatic rings. The van der Waals surface area contributed by atoms with Gasteiger partial charge in [0.25, 0.3) is 0 Å². The quantitative estimate of drug-likeness (QED) is 0.474. The van der Waals surface area contributed by atoms with Crippen molar-refractivity contribution in [1.82, 2.24) is 0 Å². The van der Waals surface area contributed by atoms with Gasteiger partial charge in [0.2, 0.25) is 0 Å². The van der Waals surface area contributed by atoms with E-state index in [9.17, 15) is 0 Å². The number of hydrogen-bond acceptors (Lipinski definition) is 0. The fourth-order valence-corrected chi connectivity index (χ4v) is 6.72. The molecule has 0 N–H and O–H groups in total. The third-order valence-corrected chi connectivity index (χ3v) is 11.2. The van der Waals surface area contributed by atoms with Crippen LogP contribution in [0.1, 0.15) is 76.7 Å². The van der Waals surface area contributed by atoms with Crippen LogP contribution in [0, 0.1) is 5.41 Å². The maximum Gasteiger partial charge on any atom is 0.00560 e. The van der Waals surface area contributed by atoms with E-state index >= 15 is 0 Å². The second kappa shape index (κ2) is 8.96. The molecule has 0 saturated heterocycles. The molecule has 0 radical (unpaired) electrons. The van der Waals surface area contributed by atoms with Gasteiger partial charge in [0.1, 0.15) is 0 Å². The molecule has 1 saturated carbocycles. The van der Waals surface area contributed by atoms with Crippen LogP contribution < -0.4 is 0 Å². The van der Waals surface area contributed by atoms with Crippen LogP contribution >= 0.6 is 16.0 Å². The first-order valence-corrected chi connectivity index (χ1v) is 13.6. The molecular formula is C19H32P2S. The molecule has 0 bridgehead atoms. The second-order valence-electron chi connectivity index (χ2n) is 6.93. The summed E-state index contributed by atoms with van der Waals surface area (Å²) in [5.41, 5.74) is 2.26. The molecule has 0 heterocycles. The molecule has 2 rings (SSSR count). The predicted octanol–water partition coefficient (Wildman–Crippen LogP) is 7.19. The van der Waals surface area contributed by atoms with Crippen molar-refractivity contribution in [3.8, 4) is 0 Å². The first kappa shape index (κ1) is 18.6. The monoisotopic (exact) mass is 354 g/mol. The summed E-state index contributed by atoms with van der Waals surface area (Å²) in [7, 11) is 4.62. The van der Waals surface area contributed by atoms with Crippen molar-refractivity contribution in [3.63, 3.8) is 0 Å². The van der Waals surface area contributed by atoms with Crippen molar-refractivity contribution < 1.29 is 0 Å². The zero-order valence-corrected chi connectivity index (χ0v) is 17.3. The van der Waals surface area contributed by atoms with E-state index in [1.54, 1.807) is 5.56 Å². The van der Waals surface area contributed by atoms with Crippen LogP contribution in [0.15, 0.2) is 29.2 Å². The molecule has 22 heavy (non-hydrogen) atoms. The summed E-state index contributed by atoms with van der Waals surface area (Å²) >= 11 is 0. The van der Waals surface area contributed by atoms with E-state index in [1.165, 1.54) is 63.3 Å². The normalized spacial score (nSPS) is 20.2. The largest absolute Gasteiger partial charge is 0.130 e. The predicted molar refractivity (Wildman–Crippen MR) is 108 cm³/mol. The first-order chi connectivity index (χ1) is 10.6. The van der Waals surface area contributed by atoms with Crippen LogP contribution in [0.3, 0.4) is 0 Å². The van der Waals surface area contributed by atoms with Gasteiger partial charge in [0.05, 0.1) is 0 Å². The lowest BCUT2D eigenvalue weighted by atomic mass is 9.65. The van der Waals surface area contributed by atoms with Crippen molar-refractivity contribution in [1.29, 1.82) is 0 Å². The fourth-order valence-electron chi connectivity index (χ4n) is 4.25. The Morgan fingerprint density at radius 2 is 1.64 bits per heavy atom. The molecule has 0 aliphatic heterocycles. The third kappa shape index (κ3) is 4.66. The minimum Gasteiger partial charge on any atom is -0.130 e. The van der Waals surface area contributed by atoms with Crippen LogP contribution in [0.25, 0.3) is 0 Å². The maximum atomic E-state index is 2.85. The summed E-state index contributed by atoms with van der Waals surface area (Å²) in [6.07, 6.45) is 13.6. The highest BCUT2D eigenvalue weighted by molar-refractivity contribution is 8.38. The summed E-state index contributed by atoms with van der Waals surface area (Å²) in [5, 5.41) is 0. The van der Waals surface area contributed by atoms with Crippen LogP contribution in [0.2, 0.25) is 0 Å². The fraction of sp³-hybridized carbons (Fsp3) is 0.684. The molecule has 1 aliphatic rings. The van der Waals surface area contributed by atoms with E-state index in [-0.39, 0.29) is 0 Å². The van der Waals surface area contributed by atoms with Crippen molar-refractivity contribution in [2.45, 2.75) is 76.0 Å². The topological polar surface area (TPSA) is 0 Å². The molecule has 0 nitrogen and oxygen atoms in total. The van der Waals surface area contributed by atoms with Crippen LogP contribution in [0.4, 0.5) is 0 Å². The third-order valence-electron chi connectivity index (χ3n) is 5.46. The Balaban J connectivity index is 2.01. The Kier molecular flexibility index (Phi) is 7.59. The average Bonchev–Trinajstić information content (AvgIpc) is 2.55. The molecule has 124 valence electrons. The minimum atomic E-state index is 0.364. The summed E-state index contributed by atoms with van der Waals surface area (Å²) in [5.74, 6) is 0.808. The van der Waals surface area contributed by atoms with E-state index in [0.717, 1.165) is 5.92 Å². The molecular weight excluding hydrogens is 322 g/mol. The zero-order chi connectivity index (χ0) is 16.0. The van der Waals surface area contributed by atoms with Crippen molar-refractivity contribution in [2.24, 2.45) is 5.41 Å². The zero-order valence-electron chi connectivity index (χ0n) is 14.5. The van der Waals surface area contributed by atoms with Gasteiger partial charge in [-0.15, -0.1) is 10.1 Å². The highest BCUT2D eigenvalue weighted by atomic mass is 32.6. The second-order valence-corrected chi connectivity index (χ2v) is 12.7. The van der Waals surface area contributed by atoms with Crippen LogP contribution in [-0.4, -0.2) is 6.26 Å². The Labute approximate surface area is 143 Å². The lowest BCUT2D eigenvalue weighted by molar-refractivity contribution is 0.142.